The molecule has 148 valence electrons. The molecular formula is C19H23N5O4. The van der Waals surface area contributed by atoms with Crippen molar-refractivity contribution in [2.45, 2.75) is 18.9 Å². The Balaban J connectivity index is 1.35. The highest BCUT2D eigenvalue weighted by Crippen LogP contribution is 2.29. The van der Waals surface area contributed by atoms with Crippen molar-refractivity contribution in [2.75, 3.05) is 33.9 Å². The number of hydrogen-bond acceptors (Lipinski definition) is 6. The number of nitrogens with one attached hydrogen (secondary N) is 1. The lowest BCUT2D eigenvalue weighted by Crippen LogP contribution is -2.51. The number of ether oxygens (including phenoxy) is 2. The molecule has 1 saturated carbocycles. The molecular weight excluding hydrogens is 362 g/mol. The van der Waals surface area contributed by atoms with E-state index in [1.807, 2.05) is 0 Å². The normalized spacial score (nSPS) is 16.4. The predicted molar refractivity (Wildman–Crippen MR) is 99.6 cm³/mol. The molecule has 1 aromatic carbocycles. The highest BCUT2D eigenvalue weighted by molar-refractivity contribution is 5.97. The van der Waals surface area contributed by atoms with E-state index in [1.165, 1.54) is 20.0 Å². The average molecular weight is 385 g/mol. The Kier molecular flexibility index (Phi) is 4.89. The number of carbonyl (C=O) groups excluding carboxylic acids is 2. The van der Waals surface area contributed by atoms with Crippen LogP contribution in [0, 0.1) is 5.92 Å². The molecule has 0 radical (unpaired) electrons. The topological polar surface area (TPSA) is 98.6 Å². The molecule has 1 aliphatic carbocycles. The smallest absolute Gasteiger partial charge is 0.273 e. The molecule has 4 rings (SSSR count). The van der Waals surface area contributed by atoms with E-state index in [1.54, 1.807) is 41.1 Å². The van der Waals surface area contributed by atoms with Crippen LogP contribution in [0.15, 0.2) is 24.4 Å². The van der Waals surface area contributed by atoms with E-state index in [0.717, 1.165) is 0 Å². The Bertz CT molecular complexity index is 886. The van der Waals surface area contributed by atoms with Crippen LogP contribution in [0.2, 0.25) is 0 Å². The van der Waals surface area contributed by atoms with E-state index in [4.69, 9.17) is 9.47 Å². The number of benzene rings is 1. The van der Waals surface area contributed by atoms with Gasteiger partial charge in [-0.25, -0.2) is 4.68 Å². The Hall–Kier alpha value is -3.10. The fourth-order valence-electron chi connectivity index (χ4n) is 3.14. The number of aromatic nitrogens is 3. The molecule has 1 aromatic heterocycles. The summed E-state index contributed by atoms with van der Waals surface area (Å²) in [5.41, 5.74) is 0.794. The molecule has 2 amide bonds. The molecule has 1 N–H and O–H groups in total. The van der Waals surface area contributed by atoms with Crippen molar-refractivity contribution in [1.29, 1.82) is 0 Å². The van der Waals surface area contributed by atoms with Gasteiger partial charge in [0.15, 0.2) is 5.69 Å². The predicted octanol–water partition coefficient (Wildman–Crippen LogP) is 1.13. The lowest BCUT2D eigenvalue weighted by atomic mass is 10.1. The van der Waals surface area contributed by atoms with Crippen LogP contribution in [0.3, 0.4) is 0 Å². The van der Waals surface area contributed by atoms with Gasteiger partial charge in [0.2, 0.25) is 0 Å². The maximum Gasteiger partial charge on any atom is 0.273 e. The second-order valence-corrected chi connectivity index (χ2v) is 7.17. The van der Waals surface area contributed by atoms with Gasteiger partial charge in [-0.05, 0) is 30.9 Å². The molecule has 9 nitrogen and oxygen atoms in total. The standard InChI is InChI=1S/C19H23N5O4/c1-27-14-5-6-15(17(7-14)28-2)19(26)23-9-13(10-23)24-11-16(21-22-24)18(25)20-8-12-3-4-12/h5-7,11-13H,3-4,8-10H2,1-2H3,(H,20,25). The van der Waals surface area contributed by atoms with Crippen LogP contribution < -0.4 is 14.8 Å². The highest BCUT2D eigenvalue weighted by atomic mass is 16.5. The molecule has 9 heteroatoms. The van der Waals surface area contributed by atoms with Crippen molar-refractivity contribution in [1.82, 2.24) is 25.2 Å². The number of rotatable bonds is 7. The maximum atomic E-state index is 12.7. The monoisotopic (exact) mass is 385 g/mol. The minimum atomic E-state index is -0.201. The number of amides is 2. The zero-order valence-electron chi connectivity index (χ0n) is 15.9. The summed E-state index contributed by atoms with van der Waals surface area (Å²) in [5, 5.41) is 10.9. The molecule has 0 bridgehead atoms. The van der Waals surface area contributed by atoms with Crippen LogP contribution in [0.1, 0.15) is 39.7 Å². The molecule has 2 fully saturated rings. The summed E-state index contributed by atoms with van der Waals surface area (Å²) in [6, 6.07) is 5.13. The van der Waals surface area contributed by atoms with Gasteiger partial charge in [-0.15, -0.1) is 5.10 Å². The zero-order valence-corrected chi connectivity index (χ0v) is 15.9. The number of nitrogens with zero attached hydrogens (tertiary/aromatic N) is 4. The second-order valence-electron chi connectivity index (χ2n) is 7.17. The van der Waals surface area contributed by atoms with Crippen molar-refractivity contribution < 1.29 is 19.1 Å². The van der Waals surface area contributed by atoms with Crippen molar-refractivity contribution in [3.63, 3.8) is 0 Å². The van der Waals surface area contributed by atoms with Gasteiger partial charge in [0.25, 0.3) is 11.8 Å². The first-order valence-electron chi connectivity index (χ1n) is 9.30. The third-order valence-corrected chi connectivity index (χ3v) is 5.15. The maximum absolute atomic E-state index is 12.7. The van der Waals surface area contributed by atoms with Crippen molar-refractivity contribution >= 4 is 11.8 Å². The number of hydrogen-bond donors (Lipinski definition) is 1. The summed E-state index contributed by atoms with van der Waals surface area (Å²) in [7, 11) is 3.09. The van der Waals surface area contributed by atoms with Gasteiger partial charge < -0.3 is 19.7 Å². The average Bonchev–Trinajstić information content (AvgIpc) is 3.39. The fourth-order valence-corrected chi connectivity index (χ4v) is 3.14. The fraction of sp³-hybridized carbons (Fsp3) is 0.474. The van der Waals surface area contributed by atoms with Gasteiger partial charge >= 0.3 is 0 Å². The summed E-state index contributed by atoms with van der Waals surface area (Å²) in [5.74, 6) is 1.40. The van der Waals surface area contributed by atoms with Gasteiger partial charge in [-0.3, -0.25) is 9.59 Å². The third-order valence-electron chi connectivity index (χ3n) is 5.15. The Labute approximate surface area is 162 Å². The van der Waals surface area contributed by atoms with Crippen molar-refractivity contribution in [3.05, 3.63) is 35.7 Å². The molecule has 28 heavy (non-hydrogen) atoms. The lowest BCUT2D eigenvalue weighted by molar-refractivity contribution is 0.0495. The summed E-state index contributed by atoms with van der Waals surface area (Å²) in [4.78, 5) is 26.5. The largest absolute Gasteiger partial charge is 0.497 e. The molecule has 2 aliphatic rings. The van der Waals surface area contributed by atoms with Gasteiger partial charge in [-0.2, -0.15) is 0 Å². The molecule has 2 aromatic rings. The first-order valence-corrected chi connectivity index (χ1v) is 9.30. The van der Waals surface area contributed by atoms with Gasteiger partial charge in [0, 0.05) is 25.7 Å². The SMILES string of the molecule is COc1ccc(C(=O)N2CC(n3cc(C(=O)NCC4CC4)nn3)C2)c(OC)c1. The van der Waals surface area contributed by atoms with Crippen LogP contribution in [0.25, 0.3) is 0 Å². The number of carbonyl (C=O) groups is 2. The summed E-state index contributed by atoms with van der Waals surface area (Å²) < 4.78 is 12.1. The van der Waals surface area contributed by atoms with Crippen LogP contribution in [0.5, 0.6) is 11.5 Å². The molecule has 0 atom stereocenters. The molecule has 0 spiro atoms. The summed E-state index contributed by atoms with van der Waals surface area (Å²) >= 11 is 0. The lowest BCUT2D eigenvalue weighted by Gasteiger charge is -2.39. The molecule has 2 heterocycles. The van der Waals surface area contributed by atoms with Crippen LogP contribution in [0.4, 0.5) is 0 Å². The van der Waals surface area contributed by atoms with E-state index in [-0.39, 0.29) is 17.9 Å². The second kappa shape index (κ2) is 7.49. The Morgan fingerprint density at radius 3 is 2.68 bits per heavy atom. The van der Waals surface area contributed by atoms with E-state index >= 15 is 0 Å². The van der Waals surface area contributed by atoms with Gasteiger partial charge in [0.1, 0.15) is 11.5 Å². The molecule has 1 aliphatic heterocycles. The third kappa shape index (κ3) is 3.64. The number of likely N-dealkylation sites (tertiary alicyclic amines) is 1. The van der Waals surface area contributed by atoms with E-state index in [9.17, 15) is 9.59 Å². The Morgan fingerprint density at radius 2 is 2.00 bits per heavy atom. The number of methoxy groups -OCH3 is 2. The first-order chi connectivity index (χ1) is 13.6. The van der Waals surface area contributed by atoms with Crippen LogP contribution in [-0.2, 0) is 0 Å². The van der Waals surface area contributed by atoms with Gasteiger partial charge in [0.05, 0.1) is 32.0 Å². The molecule has 1 saturated heterocycles. The van der Waals surface area contributed by atoms with E-state index in [2.05, 4.69) is 15.6 Å². The van der Waals surface area contributed by atoms with Crippen molar-refractivity contribution in [2.24, 2.45) is 5.92 Å². The van der Waals surface area contributed by atoms with E-state index < -0.39 is 0 Å². The Morgan fingerprint density at radius 1 is 1.21 bits per heavy atom. The quantitative estimate of drug-likeness (QED) is 0.767. The molecule has 0 unspecified atom stereocenters. The summed E-state index contributed by atoms with van der Waals surface area (Å²) in [6.45, 7) is 1.70. The zero-order chi connectivity index (χ0) is 19.7. The van der Waals surface area contributed by atoms with Crippen molar-refractivity contribution in [3.8, 4) is 11.5 Å². The highest BCUT2D eigenvalue weighted by Gasteiger charge is 2.35. The minimum Gasteiger partial charge on any atom is -0.497 e. The van der Waals surface area contributed by atoms with Crippen LogP contribution >= 0.6 is 0 Å². The van der Waals surface area contributed by atoms with Crippen LogP contribution in [-0.4, -0.2) is 65.6 Å². The first kappa shape index (κ1) is 18.3. The van der Waals surface area contributed by atoms with E-state index in [0.29, 0.717) is 48.3 Å². The minimum absolute atomic E-state index is 0.00525. The summed E-state index contributed by atoms with van der Waals surface area (Å²) in [6.07, 6.45) is 4.00. The van der Waals surface area contributed by atoms with Gasteiger partial charge in [-0.1, -0.05) is 5.21 Å².